The Balaban J connectivity index is 2.31. The molecule has 2 rings (SSSR count). The summed E-state index contributed by atoms with van der Waals surface area (Å²) in [6.07, 6.45) is -1.07. The van der Waals surface area contributed by atoms with E-state index in [1.54, 1.807) is 0 Å². The molecule has 2 aromatic rings. The van der Waals surface area contributed by atoms with Crippen LogP contribution in [0, 0.1) is 11.6 Å². The number of halogens is 2. The molecule has 0 radical (unpaired) electrons. The zero-order valence-corrected chi connectivity index (χ0v) is 10.3. The highest BCUT2D eigenvalue weighted by Crippen LogP contribution is 2.33. The van der Waals surface area contributed by atoms with E-state index in [2.05, 4.69) is 0 Å². The average molecular weight is 269 g/mol. The molecule has 3 N–H and O–H groups in total. The maximum absolute atomic E-state index is 13.6. The number of rotatable bonds is 4. The number of hydrogen-bond donors (Lipinski definition) is 2. The van der Waals surface area contributed by atoms with Crippen LogP contribution in [-0.4, -0.2) is 11.7 Å². The van der Waals surface area contributed by atoms with Gasteiger partial charge >= 0.3 is 0 Å². The van der Waals surface area contributed by atoms with Crippen molar-refractivity contribution >= 4 is 11.3 Å². The molecule has 0 bridgehead atoms. The molecule has 1 heterocycles. The molecule has 1 aromatic heterocycles. The van der Waals surface area contributed by atoms with Crippen molar-refractivity contribution in [1.82, 2.24) is 0 Å². The zero-order valence-electron chi connectivity index (χ0n) is 9.51. The SMILES string of the molecule is NCC(c1cccs1)C(O)c1ccc(F)cc1F. The van der Waals surface area contributed by atoms with Crippen molar-refractivity contribution < 1.29 is 13.9 Å². The van der Waals surface area contributed by atoms with Gasteiger partial charge in [0.15, 0.2) is 0 Å². The summed E-state index contributed by atoms with van der Waals surface area (Å²) in [5.41, 5.74) is 5.70. The fourth-order valence-electron chi connectivity index (χ4n) is 1.86. The van der Waals surface area contributed by atoms with Gasteiger partial charge in [0, 0.05) is 29.0 Å². The van der Waals surface area contributed by atoms with Crippen LogP contribution >= 0.6 is 11.3 Å². The van der Waals surface area contributed by atoms with Gasteiger partial charge in [-0.25, -0.2) is 8.78 Å². The second kappa shape index (κ2) is 5.56. The molecule has 1 aromatic carbocycles. The molecule has 0 aliphatic heterocycles. The molecule has 0 aliphatic carbocycles. The Morgan fingerprint density at radius 2 is 2.06 bits per heavy atom. The van der Waals surface area contributed by atoms with E-state index < -0.39 is 17.7 Å². The topological polar surface area (TPSA) is 46.2 Å². The predicted octanol–water partition coefficient (Wildman–Crippen LogP) is 2.80. The van der Waals surface area contributed by atoms with Crippen molar-refractivity contribution in [1.29, 1.82) is 0 Å². The van der Waals surface area contributed by atoms with Crippen LogP contribution in [0.1, 0.15) is 22.5 Å². The Labute approximate surface area is 108 Å². The van der Waals surface area contributed by atoms with Crippen molar-refractivity contribution in [2.45, 2.75) is 12.0 Å². The van der Waals surface area contributed by atoms with Gasteiger partial charge in [-0.3, -0.25) is 0 Å². The molecular formula is C13H13F2NOS. The predicted molar refractivity (Wildman–Crippen MR) is 67.4 cm³/mol. The van der Waals surface area contributed by atoms with Gasteiger partial charge < -0.3 is 10.8 Å². The molecule has 0 saturated carbocycles. The van der Waals surface area contributed by atoms with Crippen LogP contribution in [-0.2, 0) is 0 Å². The third-order valence-corrected chi connectivity index (χ3v) is 3.83. The highest BCUT2D eigenvalue weighted by atomic mass is 32.1. The molecule has 2 atom stereocenters. The third kappa shape index (κ3) is 2.58. The lowest BCUT2D eigenvalue weighted by Gasteiger charge is -2.21. The summed E-state index contributed by atoms with van der Waals surface area (Å²) in [4.78, 5) is 0.883. The number of thiophene rings is 1. The van der Waals surface area contributed by atoms with Gasteiger partial charge in [0.1, 0.15) is 11.6 Å². The van der Waals surface area contributed by atoms with E-state index in [9.17, 15) is 13.9 Å². The number of benzene rings is 1. The number of aliphatic hydroxyl groups is 1. The van der Waals surface area contributed by atoms with Crippen LogP contribution in [0.3, 0.4) is 0 Å². The largest absolute Gasteiger partial charge is 0.388 e. The Hall–Kier alpha value is -1.30. The quantitative estimate of drug-likeness (QED) is 0.896. The lowest BCUT2D eigenvalue weighted by atomic mass is 9.94. The van der Waals surface area contributed by atoms with Gasteiger partial charge in [-0.2, -0.15) is 0 Å². The summed E-state index contributed by atoms with van der Waals surface area (Å²) in [5, 5.41) is 12.1. The smallest absolute Gasteiger partial charge is 0.131 e. The Morgan fingerprint density at radius 3 is 2.61 bits per heavy atom. The van der Waals surface area contributed by atoms with Gasteiger partial charge in [-0.05, 0) is 17.5 Å². The molecule has 96 valence electrons. The van der Waals surface area contributed by atoms with Crippen LogP contribution in [0.15, 0.2) is 35.7 Å². The van der Waals surface area contributed by atoms with E-state index in [0.29, 0.717) is 0 Å². The van der Waals surface area contributed by atoms with E-state index >= 15 is 0 Å². The maximum Gasteiger partial charge on any atom is 0.131 e. The molecule has 0 amide bonds. The van der Waals surface area contributed by atoms with Gasteiger partial charge in [0.25, 0.3) is 0 Å². The van der Waals surface area contributed by atoms with Crippen molar-refractivity contribution in [2.75, 3.05) is 6.54 Å². The lowest BCUT2D eigenvalue weighted by molar-refractivity contribution is 0.144. The first-order valence-electron chi connectivity index (χ1n) is 5.50. The Bertz CT molecular complexity index is 516. The average Bonchev–Trinajstić information content (AvgIpc) is 2.83. The van der Waals surface area contributed by atoms with E-state index in [-0.39, 0.29) is 18.0 Å². The van der Waals surface area contributed by atoms with E-state index in [4.69, 9.17) is 5.73 Å². The molecular weight excluding hydrogens is 256 g/mol. The summed E-state index contributed by atoms with van der Waals surface area (Å²) in [7, 11) is 0. The molecule has 2 nitrogen and oxygen atoms in total. The minimum atomic E-state index is -1.07. The van der Waals surface area contributed by atoms with Crippen molar-refractivity contribution in [2.24, 2.45) is 5.73 Å². The third-order valence-electron chi connectivity index (χ3n) is 2.82. The Morgan fingerprint density at radius 1 is 1.28 bits per heavy atom. The van der Waals surface area contributed by atoms with Gasteiger partial charge in [-0.15, -0.1) is 11.3 Å². The standard InChI is InChI=1S/C13H13F2NOS/c14-8-3-4-9(11(15)6-8)13(17)10(7-16)12-2-1-5-18-12/h1-6,10,13,17H,7,16H2. The number of aliphatic hydroxyl groups excluding tert-OH is 1. The monoisotopic (exact) mass is 269 g/mol. The van der Waals surface area contributed by atoms with Crippen LogP contribution in [0.5, 0.6) is 0 Å². The normalized spacial score (nSPS) is 14.4. The molecule has 0 saturated heterocycles. The highest BCUT2D eigenvalue weighted by Gasteiger charge is 2.24. The van der Waals surface area contributed by atoms with Crippen LogP contribution in [0.4, 0.5) is 8.78 Å². The molecule has 18 heavy (non-hydrogen) atoms. The van der Waals surface area contributed by atoms with Gasteiger partial charge in [0.2, 0.25) is 0 Å². The lowest BCUT2D eigenvalue weighted by Crippen LogP contribution is -2.20. The Kier molecular flexibility index (Phi) is 4.06. The van der Waals surface area contributed by atoms with Gasteiger partial charge in [-0.1, -0.05) is 12.1 Å². The maximum atomic E-state index is 13.6. The molecule has 5 heteroatoms. The van der Waals surface area contributed by atoms with Crippen LogP contribution in [0.25, 0.3) is 0 Å². The second-order valence-electron chi connectivity index (χ2n) is 3.97. The molecule has 0 fully saturated rings. The van der Waals surface area contributed by atoms with Crippen LogP contribution in [0.2, 0.25) is 0 Å². The number of hydrogen-bond acceptors (Lipinski definition) is 3. The van der Waals surface area contributed by atoms with Gasteiger partial charge in [0.05, 0.1) is 6.10 Å². The van der Waals surface area contributed by atoms with E-state index in [0.717, 1.165) is 17.0 Å². The van der Waals surface area contributed by atoms with E-state index in [1.165, 1.54) is 17.4 Å². The molecule has 0 aliphatic rings. The number of nitrogens with two attached hydrogens (primary N) is 1. The summed E-state index contributed by atoms with van der Waals surface area (Å²) in [6, 6.07) is 6.83. The van der Waals surface area contributed by atoms with Crippen molar-refractivity contribution in [3.63, 3.8) is 0 Å². The van der Waals surface area contributed by atoms with Crippen molar-refractivity contribution in [3.8, 4) is 0 Å². The zero-order chi connectivity index (χ0) is 13.1. The summed E-state index contributed by atoms with van der Waals surface area (Å²) < 4.78 is 26.4. The van der Waals surface area contributed by atoms with Crippen LogP contribution < -0.4 is 5.73 Å². The summed E-state index contributed by atoms with van der Waals surface area (Å²) >= 11 is 1.45. The minimum absolute atomic E-state index is 0.0697. The minimum Gasteiger partial charge on any atom is -0.388 e. The summed E-state index contributed by atoms with van der Waals surface area (Å²) in [5.74, 6) is -1.80. The fourth-order valence-corrected chi connectivity index (χ4v) is 2.73. The first-order valence-corrected chi connectivity index (χ1v) is 6.38. The highest BCUT2D eigenvalue weighted by molar-refractivity contribution is 7.10. The van der Waals surface area contributed by atoms with Crippen molar-refractivity contribution in [3.05, 3.63) is 57.8 Å². The summed E-state index contributed by atoms with van der Waals surface area (Å²) in [6.45, 7) is 0.193. The first kappa shape index (κ1) is 13.1. The fraction of sp³-hybridized carbons (Fsp3) is 0.231. The first-order chi connectivity index (χ1) is 8.63. The molecule has 2 unspecified atom stereocenters. The van der Waals surface area contributed by atoms with E-state index in [1.807, 2.05) is 17.5 Å². The second-order valence-corrected chi connectivity index (χ2v) is 4.95. The molecule has 0 spiro atoms.